The van der Waals surface area contributed by atoms with Crippen molar-refractivity contribution in [3.8, 4) is 0 Å². The van der Waals surface area contributed by atoms with Gasteiger partial charge in [-0.2, -0.15) is 0 Å². The maximum absolute atomic E-state index is 12.3. The highest BCUT2D eigenvalue weighted by Gasteiger charge is 2.15. The van der Waals surface area contributed by atoms with Gasteiger partial charge in [0.25, 0.3) is 0 Å². The molecule has 3 unspecified atom stereocenters. The zero-order valence-electron chi connectivity index (χ0n) is 31.6. The minimum atomic E-state index is -0.422. The van der Waals surface area contributed by atoms with Gasteiger partial charge in [0.1, 0.15) is 12.2 Å². The van der Waals surface area contributed by atoms with Crippen molar-refractivity contribution in [3.63, 3.8) is 0 Å². The highest BCUT2D eigenvalue weighted by molar-refractivity contribution is 5.69. The molecule has 7 heteroatoms. The topological polar surface area (TPSA) is 96.3 Å². The summed E-state index contributed by atoms with van der Waals surface area (Å²) in [6.45, 7) is 10.8. The van der Waals surface area contributed by atoms with Gasteiger partial charge in [0, 0.05) is 25.9 Å². The van der Waals surface area contributed by atoms with Crippen molar-refractivity contribution >= 4 is 11.9 Å². The van der Waals surface area contributed by atoms with Crippen LogP contribution in [0.3, 0.4) is 0 Å². The van der Waals surface area contributed by atoms with E-state index in [1.807, 2.05) is 0 Å². The van der Waals surface area contributed by atoms with Gasteiger partial charge in [-0.05, 0) is 70.8 Å². The Hall–Kier alpha value is -1.18. The van der Waals surface area contributed by atoms with E-state index in [0.717, 1.165) is 96.4 Å². The maximum Gasteiger partial charge on any atom is 0.306 e. The number of rotatable bonds is 36. The van der Waals surface area contributed by atoms with Crippen molar-refractivity contribution in [1.29, 1.82) is 0 Å². The van der Waals surface area contributed by atoms with Crippen molar-refractivity contribution in [2.24, 2.45) is 0 Å². The van der Waals surface area contributed by atoms with E-state index < -0.39 is 6.10 Å². The molecule has 0 bridgehead atoms. The number of carbonyl (C=O) groups excluding carboxylic acids is 2. The van der Waals surface area contributed by atoms with E-state index in [2.05, 4.69) is 32.6 Å². The summed E-state index contributed by atoms with van der Waals surface area (Å²) in [6.07, 6.45) is 27.9. The molecule has 0 aromatic carbocycles. The Morgan fingerprint density at radius 3 is 1.40 bits per heavy atom. The minimum absolute atomic E-state index is 0.0465. The Labute approximate surface area is 291 Å². The summed E-state index contributed by atoms with van der Waals surface area (Å²) in [7, 11) is 0. The zero-order valence-corrected chi connectivity index (χ0v) is 31.6. The van der Waals surface area contributed by atoms with Gasteiger partial charge in [0.2, 0.25) is 0 Å². The van der Waals surface area contributed by atoms with Crippen LogP contribution in [0.25, 0.3) is 0 Å². The van der Waals surface area contributed by atoms with Crippen LogP contribution in [0.5, 0.6) is 0 Å². The molecule has 0 aliphatic heterocycles. The van der Waals surface area contributed by atoms with Gasteiger partial charge in [0.05, 0.1) is 12.7 Å². The molecular formula is C40H79NO6. The summed E-state index contributed by atoms with van der Waals surface area (Å²) < 4.78 is 11.4. The lowest BCUT2D eigenvalue weighted by molar-refractivity contribution is -0.150. The number of nitrogens with zero attached hydrogens (tertiary/aromatic N) is 1. The first-order valence-corrected chi connectivity index (χ1v) is 20.3. The molecule has 280 valence electrons. The van der Waals surface area contributed by atoms with Crippen molar-refractivity contribution in [2.75, 3.05) is 26.2 Å². The number of hydrogen-bond acceptors (Lipinski definition) is 7. The zero-order chi connectivity index (χ0) is 34.8. The van der Waals surface area contributed by atoms with Crippen molar-refractivity contribution in [1.82, 2.24) is 4.90 Å². The Morgan fingerprint density at radius 1 is 0.532 bits per heavy atom. The van der Waals surface area contributed by atoms with Crippen molar-refractivity contribution in [3.05, 3.63) is 0 Å². The standard InChI is InChI=1S/C40H79NO6/c1-5-9-11-13-16-22-28-37(7-3)46-39(44)30-24-18-15-19-26-32-41(33-34-42)35-36(43)27-21-20-25-31-40(45)47-38(8-4)29-23-17-14-12-10-6-2/h36-38,42-43H,5-35H2,1-4H3. The first-order chi connectivity index (χ1) is 22.9. The molecule has 0 aromatic rings. The van der Waals surface area contributed by atoms with E-state index in [9.17, 15) is 19.8 Å². The third-order valence-electron chi connectivity index (χ3n) is 9.42. The summed E-state index contributed by atoms with van der Waals surface area (Å²) in [5.41, 5.74) is 0. The molecule has 2 N–H and O–H groups in total. The second-order valence-electron chi connectivity index (χ2n) is 13.9. The number of hydrogen-bond donors (Lipinski definition) is 2. The third-order valence-corrected chi connectivity index (χ3v) is 9.42. The largest absolute Gasteiger partial charge is 0.462 e. The van der Waals surface area contributed by atoms with Gasteiger partial charge in [0.15, 0.2) is 0 Å². The lowest BCUT2D eigenvalue weighted by Crippen LogP contribution is -2.35. The summed E-state index contributed by atoms with van der Waals surface area (Å²) in [4.78, 5) is 26.8. The van der Waals surface area contributed by atoms with Gasteiger partial charge in [-0.3, -0.25) is 14.5 Å². The number of aliphatic hydroxyl groups is 2. The summed E-state index contributed by atoms with van der Waals surface area (Å²) >= 11 is 0. The van der Waals surface area contributed by atoms with Crippen LogP contribution >= 0.6 is 0 Å². The van der Waals surface area contributed by atoms with E-state index in [1.165, 1.54) is 64.2 Å². The Morgan fingerprint density at radius 2 is 0.936 bits per heavy atom. The van der Waals surface area contributed by atoms with Crippen LogP contribution in [0.4, 0.5) is 0 Å². The first-order valence-electron chi connectivity index (χ1n) is 20.3. The normalized spacial score (nSPS) is 13.5. The van der Waals surface area contributed by atoms with Crippen LogP contribution in [-0.4, -0.2) is 71.6 Å². The molecule has 0 radical (unpaired) electrons. The van der Waals surface area contributed by atoms with E-state index in [4.69, 9.17) is 9.47 Å². The van der Waals surface area contributed by atoms with Crippen LogP contribution in [0.1, 0.15) is 201 Å². The highest BCUT2D eigenvalue weighted by Crippen LogP contribution is 2.16. The molecule has 0 saturated carbocycles. The first kappa shape index (κ1) is 45.8. The number of esters is 2. The number of unbranched alkanes of at least 4 members (excludes halogenated alkanes) is 16. The second kappa shape index (κ2) is 34.7. The summed E-state index contributed by atoms with van der Waals surface area (Å²) in [5, 5.41) is 20.1. The molecule has 0 rings (SSSR count). The minimum Gasteiger partial charge on any atom is -0.462 e. The molecule has 0 heterocycles. The van der Waals surface area contributed by atoms with Gasteiger partial charge in [-0.25, -0.2) is 0 Å². The number of ether oxygens (including phenoxy) is 2. The highest BCUT2D eigenvalue weighted by atomic mass is 16.5. The molecule has 47 heavy (non-hydrogen) atoms. The van der Waals surface area contributed by atoms with E-state index >= 15 is 0 Å². The monoisotopic (exact) mass is 670 g/mol. The van der Waals surface area contributed by atoms with Gasteiger partial charge in [-0.15, -0.1) is 0 Å². The summed E-state index contributed by atoms with van der Waals surface area (Å²) in [6, 6.07) is 0. The molecular weight excluding hydrogens is 590 g/mol. The quantitative estimate of drug-likeness (QED) is 0.0506. The molecule has 0 spiro atoms. The van der Waals surface area contributed by atoms with Crippen molar-refractivity contribution in [2.45, 2.75) is 219 Å². The predicted octanol–water partition coefficient (Wildman–Crippen LogP) is 10.1. The molecule has 7 nitrogen and oxygen atoms in total. The fourth-order valence-electron chi connectivity index (χ4n) is 6.27. The molecule has 0 aliphatic carbocycles. The Bertz CT molecular complexity index is 690. The molecule has 0 aromatic heterocycles. The van der Waals surface area contributed by atoms with E-state index in [1.54, 1.807) is 0 Å². The number of carbonyl (C=O) groups is 2. The summed E-state index contributed by atoms with van der Waals surface area (Å²) in [5.74, 6) is -0.129. The lowest BCUT2D eigenvalue weighted by atomic mass is 10.1. The maximum atomic E-state index is 12.3. The molecule has 0 amide bonds. The van der Waals surface area contributed by atoms with Crippen LogP contribution in [-0.2, 0) is 19.1 Å². The molecule has 0 aliphatic rings. The molecule has 0 fully saturated rings. The van der Waals surface area contributed by atoms with Gasteiger partial charge in [-0.1, -0.05) is 124 Å². The molecule has 3 atom stereocenters. The SMILES string of the molecule is CCCCCCCCC(CC)OC(=O)CCCCCCCN(CCO)CC(O)CCCCCC(=O)OC(CC)CCCCCCCC. The Balaban J connectivity index is 3.94. The Kier molecular flexibility index (Phi) is 33.8. The van der Waals surface area contributed by atoms with Gasteiger partial charge >= 0.3 is 11.9 Å². The van der Waals surface area contributed by atoms with E-state index in [-0.39, 0.29) is 30.8 Å². The fraction of sp³-hybridized carbons (Fsp3) is 0.950. The predicted molar refractivity (Wildman–Crippen MR) is 197 cm³/mol. The number of aliphatic hydroxyl groups excluding tert-OH is 2. The van der Waals surface area contributed by atoms with Gasteiger partial charge < -0.3 is 19.7 Å². The smallest absolute Gasteiger partial charge is 0.306 e. The second-order valence-corrected chi connectivity index (χ2v) is 13.9. The fourth-order valence-corrected chi connectivity index (χ4v) is 6.27. The lowest BCUT2D eigenvalue weighted by Gasteiger charge is -2.24. The average Bonchev–Trinajstić information content (AvgIpc) is 3.06. The van der Waals surface area contributed by atoms with Crippen LogP contribution in [0.2, 0.25) is 0 Å². The average molecular weight is 670 g/mol. The van der Waals surface area contributed by atoms with Crippen LogP contribution in [0, 0.1) is 0 Å². The van der Waals surface area contributed by atoms with Crippen molar-refractivity contribution < 1.29 is 29.3 Å². The molecule has 0 saturated heterocycles. The van der Waals surface area contributed by atoms with Crippen LogP contribution in [0.15, 0.2) is 0 Å². The third kappa shape index (κ3) is 30.6. The van der Waals surface area contributed by atoms with Crippen LogP contribution < -0.4 is 0 Å². The van der Waals surface area contributed by atoms with E-state index in [0.29, 0.717) is 32.4 Å².